The van der Waals surface area contributed by atoms with Crippen molar-refractivity contribution in [2.75, 3.05) is 0 Å². The fourth-order valence-electron chi connectivity index (χ4n) is 1.54. The second-order valence-electron chi connectivity index (χ2n) is 3.89. The normalized spacial score (nSPS) is 11.3. The molecule has 0 aliphatic carbocycles. The highest BCUT2D eigenvalue weighted by atomic mass is 79.9. The fourth-order valence-corrected chi connectivity index (χ4v) is 4.86. The van der Waals surface area contributed by atoms with Crippen LogP contribution < -0.4 is 4.72 Å². The molecule has 2 rings (SSSR count). The molecule has 20 heavy (non-hydrogen) atoms. The van der Waals surface area contributed by atoms with Crippen LogP contribution in [-0.2, 0) is 21.2 Å². The molecule has 0 fully saturated rings. The average Bonchev–Trinajstić information content (AvgIpc) is 2.75. The zero-order chi connectivity index (χ0) is 14.8. The Kier molecular flexibility index (Phi) is 4.56. The summed E-state index contributed by atoms with van der Waals surface area (Å²) >= 11 is 4.10. The van der Waals surface area contributed by atoms with E-state index in [-0.39, 0.29) is 10.6 Å². The number of nitrogens with one attached hydrogen (secondary N) is 1. The van der Waals surface area contributed by atoms with Crippen LogP contribution in [0.25, 0.3) is 0 Å². The van der Waals surface area contributed by atoms with Crippen LogP contribution in [0, 0.1) is 5.82 Å². The zero-order valence-corrected chi connectivity index (χ0v) is 13.2. The second-order valence-corrected chi connectivity index (χ2v) is 7.54. The number of sulfonamides is 1. The summed E-state index contributed by atoms with van der Waals surface area (Å²) in [5, 5.41) is 1.59. The van der Waals surface area contributed by atoms with Gasteiger partial charge in [0.25, 0.3) is 10.0 Å². The number of carbonyl (C=O) groups is 1. The molecule has 0 unspecified atom stereocenters. The van der Waals surface area contributed by atoms with Gasteiger partial charge in [0, 0.05) is 4.47 Å². The van der Waals surface area contributed by atoms with Crippen LogP contribution in [0.4, 0.5) is 4.39 Å². The Balaban J connectivity index is 2.11. The quantitative estimate of drug-likeness (QED) is 0.890. The molecule has 0 bridgehead atoms. The second kappa shape index (κ2) is 6.02. The topological polar surface area (TPSA) is 63.2 Å². The molecule has 8 heteroatoms. The number of rotatable bonds is 4. The van der Waals surface area contributed by atoms with E-state index in [1.807, 2.05) is 4.72 Å². The van der Waals surface area contributed by atoms with Gasteiger partial charge in [-0.15, -0.1) is 11.3 Å². The molecule has 1 aromatic heterocycles. The van der Waals surface area contributed by atoms with Gasteiger partial charge < -0.3 is 0 Å². The van der Waals surface area contributed by atoms with E-state index in [1.165, 1.54) is 18.2 Å². The molecule has 0 aliphatic heterocycles. The van der Waals surface area contributed by atoms with Crippen molar-refractivity contribution in [2.24, 2.45) is 0 Å². The van der Waals surface area contributed by atoms with E-state index in [0.717, 1.165) is 11.3 Å². The molecular formula is C12H9BrFNO3S2. The SMILES string of the molecule is O=C(Cc1cccc(F)c1)NS(=O)(=O)c1sccc1Br. The largest absolute Gasteiger partial charge is 0.274 e. The highest BCUT2D eigenvalue weighted by Crippen LogP contribution is 2.27. The first-order chi connectivity index (χ1) is 9.38. The molecule has 0 radical (unpaired) electrons. The van der Waals surface area contributed by atoms with Crippen LogP contribution in [0.2, 0.25) is 0 Å². The Morgan fingerprint density at radius 3 is 2.70 bits per heavy atom. The van der Waals surface area contributed by atoms with Crippen molar-refractivity contribution >= 4 is 43.2 Å². The van der Waals surface area contributed by atoms with Crippen molar-refractivity contribution in [3.8, 4) is 0 Å². The molecule has 0 spiro atoms. The van der Waals surface area contributed by atoms with Gasteiger partial charge in [0.2, 0.25) is 5.91 Å². The highest BCUT2D eigenvalue weighted by Gasteiger charge is 2.21. The molecule has 1 heterocycles. The monoisotopic (exact) mass is 377 g/mol. The summed E-state index contributed by atoms with van der Waals surface area (Å²) in [5.74, 6) is -1.19. The first kappa shape index (κ1) is 15.1. The van der Waals surface area contributed by atoms with Crippen molar-refractivity contribution in [3.05, 3.63) is 51.6 Å². The molecule has 1 N–H and O–H groups in total. The van der Waals surface area contributed by atoms with E-state index < -0.39 is 21.7 Å². The minimum atomic E-state index is -3.90. The van der Waals surface area contributed by atoms with Crippen LogP contribution >= 0.6 is 27.3 Å². The molecule has 4 nitrogen and oxygen atoms in total. The molecule has 1 amide bonds. The van der Waals surface area contributed by atoms with Crippen molar-refractivity contribution in [1.29, 1.82) is 0 Å². The summed E-state index contributed by atoms with van der Waals surface area (Å²) in [5.41, 5.74) is 0.406. The standard InChI is InChI=1S/C12H9BrFNO3S2/c13-10-4-5-19-12(10)20(17,18)15-11(16)7-8-2-1-3-9(14)6-8/h1-6H,7H2,(H,15,16). The summed E-state index contributed by atoms with van der Waals surface area (Å²) in [6.07, 6.45) is -0.208. The van der Waals surface area contributed by atoms with Gasteiger partial charge in [0.05, 0.1) is 6.42 Å². The number of halogens is 2. The molecule has 0 atom stereocenters. The molecule has 2 aromatic rings. The van der Waals surface area contributed by atoms with Gasteiger partial charge in [-0.1, -0.05) is 12.1 Å². The molecule has 106 valence electrons. The predicted octanol–water partition coefficient (Wildman–Crippen LogP) is 2.70. The van der Waals surface area contributed by atoms with Crippen LogP contribution in [-0.4, -0.2) is 14.3 Å². The smallest absolute Gasteiger partial charge is 0.274 e. The molecular weight excluding hydrogens is 369 g/mol. The minimum absolute atomic E-state index is 0.0325. The van der Waals surface area contributed by atoms with Crippen LogP contribution in [0.3, 0.4) is 0 Å². The number of thiophene rings is 1. The van der Waals surface area contributed by atoms with E-state index in [0.29, 0.717) is 10.0 Å². The van der Waals surface area contributed by atoms with Crippen LogP contribution in [0.5, 0.6) is 0 Å². The lowest BCUT2D eigenvalue weighted by Gasteiger charge is -2.06. The van der Waals surface area contributed by atoms with Gasteiger partial charge in [0.15, 0.2) is 4.21 Å². The number of amides is 1. The zero-order valence-electron chi connectivity index (χ0n) is 9.97. The van der Waals surface area contributed by atoms with Crippen molar-refractivity contribution < 1.29 is 17.6 Å². The Bertz CT molecular complexity index is 743. The molecule has 0 saturated heterocycles. The van der Waals surface area contributed by atoms with Crippen molar-refractivity contribution in [2.45, 2.75) is 10.6 Å². The molecule has 1 aromatic carbocycles. The van der Waals surface area contributed by atoms with E-state index >= 15 is 0 Å². The van der Waals surface area contributed by atoms with Gasteiger partial charge >= 0.3 is 0 Å². The van der Waals surface area contributed by atoms with E-state index in [1.54, 1.807) is 17.5 Å². The van der Waals surface area contributed by atoms with Gasteiger partial charge in [-0.05, 0) is 45.1 Å². The van der Waals surface area contributed by atoms with E-state index in [9.17, 15) is 17.6 Å². The van der Waals surface area contributed by atoms with E-state index in [4.69, 9.17) is 0 Å². The fraction of sp³-hybridized carbons (Fsp3) is 0.0833. The van der Waals surface area contributed by atoms with Crippen molar-refractivity contribution in [1.82, 2.24) is 4.72 Å². The number of benzene rings is 1. The maximum Gasteiger partial charge on any atom is 0.274 e. The number of hydrogen-bond donors (Lipinski definition) is 1. The first-order valence-corrected chi connectivity index (χ1v) is 8.57. The van der Waals surface area contributed by atoms with Crippen molar-refractivity contribution in [3.63, 3.8) is 0 Å². The lowest BCUT2D eigenvalue weighted by atomic mass is 10.1. The lowest BCUT2D eigenvalue weighted by molar-refractivity contribution is -0.118. The summed E-state index contributed by atoms with van der Waals surface area (Å²) in [6.45, 7) is 0. The lowest BCUT2D eigenvalue weighted by Crippen LogP contribution is -2.31. The Labute approximate surface area is 127 Å². The summed E-state index contributed by atoms with van der Waals surface area (Å²) in [6, 6.07) is 7.03. The third-order valence-electron chi connectivity index (χ3n) is 2.33. The van der Waals surface area contributed by atoms with Gasteiger partial charge in [-0.3, -0.25) is 4.79 Å². The highest BCUT2D eigenvalue weighted by molar-refractivity contribution is 9.10. The Morgan fingerprint density at radius 1 is 1.35 bits per heavy atom. The summed E-state index contributed by atoms with van der Waals surface area (Å²) in [7, 11) is -3.90. The predicted molar refractivity (Wildman–Crippen MR) is 77.5 cm³/mol. The van der Waals surface area contributed by atoms with Crippen LogP contribution in [0.15, 0.2) is 44.4 Å². The Hall–Kier alpha value is -1.25. The van der Waals surface area contributed by atoms with Crippen LogP contribution in [0.1, 0.15) is 5.56 Å². The summed E-state index contributed by atoms with van der Waals surface area (Å²) in [4.78, 5) is 11.7. The van der Waals surface area contributed by atoms with Gasteiger partial charge in [-0.2, -0.15) is 0 Å². The van der Waals surface area contributed by atoms with E-state index in [2.05, 4.69) is 15.9 Å². The average molecular weight is 378 g/mol. The minimum Gasteiger partial charge on any atom is -0.274 e. The number of hydrogen-bond acceptors (Lipinski definition) is 4. The van der Waals surface area contributed by atoms with Gasteiger partial charge in [0.1, 0.15) is 5.82 Å². The molecule has 0 aliphatic rings. The third kappa shape index (κ3) is 3.65. The van der Waals surface area contributed by atoms with Gasteiger partial charge in [-0.25, -0.2) is 17.5 Å². The first-order valence-electron chi connectivity index (χ1n) is 5.41. The third-order valence-corrected chi connectivity index (χ3v) is 6.37. The maximum absolute atomic E-state index is 13.0. The Morgan fingerprint density at radius 2 is 2.10 bits per heavy atom. The maximum atomic E-state index is 13.0. The summed E-state index contributed by atoms with van der Waals surface area (Å²) < 4.78 is 39.3. The number of carbonyl (C=O) groups excluding carboxylic acids is 1. The molecule has 0 saturated carbocycles.